The van der Waals surface area contributed by atoms with Gasteiger partial charge < -0.3 is 25.0 Å². The molecule has 0 saturated carbocycles. The molecule has 52 heavy (non-hydrogen) atoms. The van der Waals surface area contributed by atoms with E-state index in [1.807, 2.05) is 17.0 Å². The molecule has 1 aliphatic carbocycles. The number of carbonyl (C=O) groups excluding carboxylic acids is 5. The second-order valence-electron chi connectivity index (χ2n) is 14.5. The largest absolute Gasteiger partial charge is 0.376 e. The van der Waals surface area contributed by atoms with E-state index >= 15 is 0 Å². The minimum atomic E-state index is -0.705. The van der Waals surface area contributed by atoms with Crippen LogP contribution in [0, 0.1) is 6.57 Å². The molecule has 12 heteroatoms. The number of benzene rings is 3. The Kier molecular flexibility index (Phi) is 7.90. The number of piperidine rings is 1. The van der Waals surface area contributed by atoms with Crippen molar-refractivity contribution in [2.75, 3.05) is 42.9 Å². The molecule has 0 radical (unpaired) electrons. The maximum Gasteiger partial charge on any atom is 0.255 e. The summed E-state index contributed by atoms with van der Waals surface area (Å²) < 4.78 is 0. The van der Waals surface area contributed by atoms with Crippen molar-refractivity contribution in [3.63, 3.8) is 0 Å². The zero-order valence-corrected chi connectivity index (χ0v) is 29.4. The molecule has 0 bridgehead atoms. The number of anilines is 2. The zero-order chi connectivity index (χ0) is 36.5. The molecule has 2 saturated heterocycles. The van der Waals surface area contributed by atoms with E-state index in [0.29, 0.717) is 54.2 Å². The van der Waals surface area contributed by atoms with Crippen molar-refractivity contribution in [2.24, 2.45) is 0 Å². The number of aromatic amines is 1. The maximum atomic E-state index is 14.1. The lowest BCUT2D eigenvalue weighted by Gasteiger charge is -2.39. The third-order valence-electron chi connectivity index (χ3n) is 11.3. The number of aromatic nitrogens is 1. The van der Waals surface area contributed by atoms with E-state index in [1.165, 1.54) is 4.90 Å². The van der Waals surface area contributed by atoms with E-state index in [2.05, 4.69) is 58.3 Å². The van der Waals surface area contributed by atoms with Crippen molar-refractivity contribution in [1.29, 1.82) is 0 Å². The first-order valence-corrected chi connectivity index (χ1v) is 17.8. The van der Waals surface area contributed by atoms with Gasteiger partial charge in [0.05, 0.1) is 18.7 Å². The van der Waals surface area contributed by atoms with Gasteiger partial charge in [0.1, 0.15) is 6.04 Å². The number of nitrogens with zero attached hydrogens (tertiary/aromatic N) is 4. The first-order chi connectivity index (χ1) is 25.0. The van der Waals surface area contributed by atoms with Crippen LogP contribution in [0.25, 0.3) is 15.7 Å². The SMILES string of the molecule is [C-]#[N+]c1ccc2c3c([nH]c2c1)C(C)(C)c1cc(N2CCN(C(=O)CNc4cccc5c4CN(C4CCC(=O)NC4=O)C5=O)CC2)c(CC)cc1C3=O. The normalized spacial score (nSPS) is 19.3. The van der Waals surface area contributed by atoms with Gasteiger partial charge in [-0.2, -0.15) is 0 Å². The Balaban J connectivity index is 0.957. The second kappa shape index (κ2) is 12.4. The van der Waals surface area contributed by atoms with Crippen molar-refractivity contribution >= 4 is 57.4 Å². The summed E-state index contributed by atoms with van der Waals surface area (Å²) in [5, 5.41) is 6.42. The minimum Gasteiger partial charge on any atom is -0.376 e. The average molecular weight is 698 g/mol. The van der Waals surface area contributed by atoms with Crippen LogP contribution < -0.4 is 15.5 Å². The van der Waals surface area contributed by atoms with Crippen molar-refractivity contribution in [3.8, 4) is 0 Å². The Bertz CT molecular complexity index is 2270. The number of amides is 4. The van der Waals surface area contributed by atoms with Crippen LogP contribution >= 0.6 is 0 Å². The monoisotopic (exact) mass is 697 g/mol. The summed E-state index contributed by atoms with van der Waals surface area (Å²) >= 11 is 0. The van der Waals surface area contributed by atoms with E-state index in [-0.39, 0.29) is 49.4 Å². The molecule has 12 nitrogen and oxygen atoms in total. The number of piperazine rings is 1. The number of carbonyl (C=O) groups is 5. The second-order valence-corrected chi connectivity index (χ2v) is 14.5. The van der Waals surface area contributed by atoms with E-state index in [9.17, 15) is 24.0 Å². The quantitative estimate of drug-likeness (QED) is 0.197. The van der Waals surface area contributed by atoms with Crippen LogP contribution in [0.3, 0.4) is 0 Å². The molecule has 4 aliphatic rings. The van der Waals surface area contributed by atoms with Gasteiger partial charge in [-0.25, -0.2) is 4.85 Å². The number of hydrogen-bond acceptors (Lipinski definition) is 7. The molecular weight excluding hydrogens is 658 g/mol. The van der Waals surface area contributed by atoms with E-state index in [1.54, 1.807) is 24.3 Å². The van der Waals surface area contributed by atoms with E-state index in [0.717, 1.165) is 45.4 Å². The number of aryl methyl sites for hydroxylation is 1. The molecule has 2 fully saturated rings. The number of H-pyrrole nitrogens is 1. The summed E-state index contributed by atoms with van der Waals surface area (Å²) in [6.45, 7) is 16.4. The summed E-state index contributed by atoms with van der Waals surface area (Å²) in [7, 11) is 0. The van der Waals surface area contributed by atoms with Gasteiger partial charge in [0, 0.05) is 89.2 Å². The fourth-order valence-electron chi connectivity index (χ4n) is 8.38. The van der Waals surface area contributed by atoms with Crippen molar-refractivity contribution < 1.29 is 24.0 Å². The van der Waals surface area contributed by atoms with Gasteiger partial charge in [-0.3, -0.25) is 29.3 Å². The van der Waals surface area contributed by atoms with Crippen LogP contribution in [0.5, 0.6) is 0 Å². The molecule has 4 amide bonds. The highest BCUT2D eigenvalue weighted by molar-refractivity contribution is 6.20. The Morgan fingerprint density at radius 3 is 2.54 bits per heavy atom. The van der Waals surface area contributed by atoms with Gasteiger partial charge in [-0.15, -0.1) is 0 Å². The standard InChI is InChI=1S/C40H39N7O5/c1-5-22-17-26-28(40(2,3)37-35(36(26)50)25-10-9-23(41-4)18-30(25)43-37)19-32(22)45-13-15-46(16-14-45)34(49)20-42-29-8-6-7-24-27(29)21-47(39(24)52)31-11-12-33(48)44-38(31)51/h6-10,17-19,31,42-43H,5,11-16,20-21H2,1-3H3,(H,44,48,51). The number of imide groups is 1. The Morgan fingerprint density at radius 1 is 1.02 bits per heavy atom. The topological polar surface area (TPSA) is 139 Å². The molecule has 1 aromatic heterocycles. The van der Waals surface area contributed by atoms with E-state index in [4.69, 9.17) is 6.57 Å². The highest BCUT2D eigenvalue weighted by atomic mass is 16.2. The maximum absolute atomic E-state index is 14.1. The Labute approximate surface area is 301 Å². The first-order valence-electron chi connectivity index (χ1n) is 17.8. The van der Waals surface area contributed by atoms with Gasteiger partial charge in [0.15, 0.2) is 11.5 Å². The number of rotatable bonds is 6. The zero-order valence-electron chi connectivity index (χ0n) is 29.4. The van der Waals surface area contributed by atoms with Crippen LogP contribution in [-0.4, -0.2) is 83.0 Å². The van der Waals surface area contributed by atoms with Gasteiger partial charge >= 0.3 is 0 Å². The molecule has 1 atom stereocenters. The van der Waals surface area contributed by atoms with Gasteiger partial charge in [-0.05, 0) is 54.3 Å². The fraction of sp³-hybridized carbons (Fsp3) is 0.350. The number of nitrogens with one attached hydrogen (secondary N) is 3. The smallest absolute Gasteiger partial charge is 0.255 e. The van der Waals surface area contributed by atoms with Gasteiger partial charge in [-0.1, -0.05) is 39.0 Å². The number of hydrogen-bond donors (Lipinski definition) is 3. The third-order valence-corrected chi connectivity index (χ3v) is 11.3. The highest BCUT2D eigenvalue weighted by Gasteiger charge is 2.42. The van der Waals surface area contributed by atoms with Crippen LogP contribution in [0.15, 0.2) is 48.5 Å². The third kappa shape index (κ3) is 5.22. The van der Waals surface area contributed by atoms with Crippen molar-refractivity contribution in [2.45, 2.75) is 58.0 Å². The lowest BCUT2D eigenvalue weighted by Crippen LogP contribution is -2.52. The molecule has 264 valence electrons. The molecule has 3 N–H and O–H groups in total. The van der Waals surface area contributed by atoms with Crippen LogP contribution in [0.1, 0.15) is 82.3 Å². The lowest BCUT2D eigenvalue weighted by molar-refractivity contribution is -0.137. The van der Waals surface area contributed by atoms with Crippen LogP contribution in [0.2, 0.25) is 0 Å². The molecule has 3 aromatic carbocycles. The first kappa shape index (κ1) is 33.2. The minimum absolute atomic E-state index is 0.00703. The van der Waals surface area contributed by atoms with Crippen LogP contribution in [-0.2, 0) is 32.8 Å². The van der Waals surface area contributed by atoms with Gasteiger partial charge in [0.2, 0.25) is 17.7 Å². The van der Waals surface area contributed by atoms with E-state index < -0.39 is 17.4 Å². The van der Waals surface area contributed by atoms with Crippen molar-refractivity contribution in [3.05, 3.63) is 99.0 Å². The molecule has 0 spiro atoms. The molecule has 8 rings (SSSR count). The Hall–Kier alpha value is -5.96. The molecule has 4 aromatic rings. The fourth-order valence-corrected chi connectivity index (χ4v) is 8.38. The van der Waals surface area contributed by atoms with Gasteiger partial charge in [0.25, 0.3) is 5.91 Å². The Morgan fingerprint density at radius 2 is 1.81 bits per heavy atom. The number of fused-ring (bicyclic) bond motifs is 5. The summed E-state index contributed by atoms with van der Waals surface area (Å²) in [5.41, 5.74) is 8.11. The van der Waals surface area contributed by atoms with Crippen molar-refractivity contribution in [1.82, 2.24) is 20.1 Å². The predicted molar refractivity (Wildman–Crippen MR) is 196 cm³/mol. The summed E-state index contributed by atoms with van der Waals surface area (Å²) in [6.07, 6.45) is 1.22. The summed E-state index contributed by atoms with van der Waals surface area (Å²) in [5.74, 6) is -1.10. The summed E-state index contributed by atoms with van der Waals surface area (Å²) in [6, 6.07) is 14.3. The highest BCUT2D eigenvalue weighted by Crippen LogP contribution is 2.46. The predicted octanol–water partition coefficient (Wildman–Crippen LogP) is 4.67. The lowest BCUT2D eigenvalue weighted by atomic mass is 9.70. The molecule has 4 heterocycles. The molecule has 1 unspecified atom stereocenters. The molecular formula is C40H39N7O5. The number of ketones is 1. The average Bonchev–Trinajstić information content (AvgIpc) is 3.71. The summed E-state index contributed by atoms with van der Waals surface area (Å²) in [4.78, 5) is 77.6. The van der Waals surface area contributed by atoms with Crippen LogP contribution in [0.4, 0.5) is 17.1 Å². The molecule has 3 aliphatic heterocycles.